The second kappa shape index (κ2) is 6.66. The first-order valence-electron chi connectivity index (χ1n) is 9.51. The van der Waals surface area contributed by atoms with Crippen molar-refractivity contribution in [3.8, 4) is 0 Å². The standard InChI is InChI=1S/C24H24N2O/c1-4-16-26-20-10-6-5-9-19(20)24(2,3)21(26)14-13-18-12-11-17-8-7-15-25-22(17)23(18)27/h5-15H,4,16H2,1-3H3/b18-13+,21-14-. The molecule has 3 heteroatoms. The fourth-order valence-corrected chi connectivity index (χ4v) is 4.04. The topological polar surface area (TPSA) is 33.2 Å². The van der Waals surface area contributed by atoms with Crippen LogP contribution in [0.3, 0.4) is 0 Å². The van der Waals surface area contributed by atoms with Crippen molar-refractivity contribution in [2.45, 2.75) is 32.6 Å². The van der Waals surface area contributed by atoms with Crippen LogP contribution in [0.25, 0.3) is 6.08 Å². The van der Waals surface area contributed by atoms with E-state index in [4.69, 9.17) is 0 Å². The van der Waals surface area contributed by atoms with Gasteiger partial charge in [0.1, 0.15) is 5.69 Å². The summed E-state index contributed by atoms with van der Waals surface area (Å²) >= 11 is 0. The molecule has 0 unspecified atom stereocenters. The number of rotatable bonds is 3. The molecular weight excluding hydrogens is 332 g/mol. The number of Topliss-reactive ketones (excluding diaryl/α,β-unsaturated/α-hetero) is 1. The van der Waals surface area contributed by atoms with Crippen molar-refractivity contribution in [1.82, 2.24) is 4.98 Å². The summed E-state index contributed by atoms with van der Waals surface area (Å²) < 4.78 is 0. The van der Waals surface area contributed by atoms with Crippen molar-refractivity contribution in [2.24, 2.45) is 0 Å². The van der Waals surface area contributed by atoms with Gasteiger partial charge in [-0.2, -0.15) is 0 Å². The van der Waals surface area contributed by atoms with E-state index in [2.05, 4.69) is 61.0 Å². The zero-order valence-corrected chi connectivity index (χ0v) is 16.1. The molecule has 0 saturated heterocycles. The first-order valence-corrected chi connectivity index (χ1v) is 9.51. The number of fused-ring (bicyclic) bond motifs is 2. The van der Waals surface area contributed by atoms with Crippen LogP contribution >= 0.6 is 0 Å². The molecule has 1 aliphatic carbocycles. The van der Waals surface area contributed by atoms with Gasteiger partial charge in [-0.15, -0.1) is 0 Å². The minimum atomic E-state index is -0.0968. The molecule has 2 aromatic rings. The second-order valence-electron chi connectivity index (χ2n) is 7.57. The van der Waals surface area contributed by atoms with Gasteiger partial charge in [-0.25, -0.2) is 0 Å². The van der Waals surface area contributed by atoms with E-state index in [1.165, 1.54) is 16.9 Å². The summed E-state index contributed by atoms with van der Waals surface area (Å²) in [5.41, 5.74) is 5.83. The monoisotopic (exact) mass is 356 g/mol. The number of ketones is 1. The van der Waals surface area contributed by atoms with Gasteiger partial charge in [-0.1, -0.05) is 57.2 Å². The molecule has 4 rings (SSSR count). The van der Waals surface area contributed by atoms with Crippen molar-refractivity contribution < 1.29 is 4.79 Å². The van der Waals surface area contributed by atoms with Gasteiger partial charge in [0.05, 0.1) is 0 Å². The SMILES string of the molecule is CCCN1/C(=C\C=C2/C=Cc3cccnc3C2=O)C(C)(C)c2ccccc21. The number of carbonyl (C=O) groups is 1. The van der Waals surface area contributed by atoms with Gasteiger partial charge < -0.3 is 4.90 Å². The fraction of sp³-hybridized carbons (Fsp3) is 0.250. The highest BCUT2D eigenvalue weighted by atomic mass is 16.1. The third-order valence-electron chi connectivity index (χ3n) is 5.43. The van der Waals surface area contributed by atoms with Crippen molar-refractivity contribution in [2.75, 3.05) is 11.4 Å². The van der Waals surface area contributed by atoms with Gasteiger partial charge in [0.15, 0.2) is 0 Å². The smallest absolute Gasteiger partial charge is 0.211 e. The third kappa shape index (κ3) is 2.84. The molecule has 3 nitrogen and oxygen atoms in total. The Kier molecular flexibility index (Phi) is 4.31. The maximum absolute atomic E-state index is 12.8. The quantitative estimate of drug-likeness (QED) is 0.699. The molecule has 27 heavy (non-hydrogen) atoms. The van der Waals surface area contributed by atoms with E-state index in [1.807, 2.05) is 30.4 Å². The number of anilines is 1. The first kappa shape index (κ1) is 17.5. The number of carbonyl (C=O) groups excluding carboxylic acids is 1. The second-order valence-corrected chi connectivity index (χ2v) is 7.57. The number of hydrogen-bond acceptors (Lipinski definition) is 3. The van der Waals surface area contributed by atoms with Crippen molar-refractivity contribution in [3.63, 3.8) is 0 Å². The summed E-state index contributed by atoms with van der Waals surface area (Å²) in [6.45, 7) is 7.66. The summed E-state index contributed by atoms with van der Waals surface area (Å²) in [5, 5.41) is 0. The number of hydrogen-bond donors (Lipinski definition) is 0. The normalized spacial score (nSPS) is 20.3. The number of aromatic nitrogens is 1. The zero-order valence-electron chi connectivity index (χ0n) is 16.1. The summed E-state index contributed by atoms with van der Waals surface area (Å²) in [6.07, 6.45) is 10.7. The Hall–Kier alpha value is -2.94. The molecule has 0 spiro atoms. The third-order valence-corrected chi connectivity index (χ3v) is 5.43. The fourth-order valence-electron chi connectivity index (χ4n) is 4.04. The number of pyridine rings is 1. The Morgan fingerprint density at radius 1 is 1.07 bits per heavy atom. The van der Waals surface area contributed by atoms with Crippen LogP contribution in [-0.4, -0.2) is 17.3 Å². The highest BCUT2D eigenvalue weighted by molar-refractivity contribution is 6.14. The summed E-state index contributed by atoms with van der Waals surface area (Å²) in [4.78, 5) is 19.4. The van der Waals surface area contributed by atoms with Gasteiger partial charge in [0.2, 0.25) is 5.78 Å². The van der Waals surface area contributed by atoms with Crippen LogP contribution in [0.4, 0.5) is 5.69 Å². The molecule has 1 aliphatic heterocycles. The molecule has 0 bridgehead atoms. The lowest BCUT2D eigenvalue weighted by molar-refractivity contribution is 0.103. The molecule has 0 amide bonds. The Balaban J connectivity index is 1.76. The maximum Gasteiger partial charge on any atom is 0.211 e. The lowest BCUT2D eigenvalue weighted by Gasteiger charge is -2.26. The van der Waals surface area contributed by atoms with E-state index >= 15 is 0 Å². The molecule has 0 N–H and O–H groups in total. The predicted molar refractivity (Wildman–Crippen MR) is 111 cm³/mol. The Bertz CT molecular complexity index is 995. The van der Waals surface area contributed by atoms with Gasteiger partial charge in [0.25, 0.3) is 0 Å². The van der Waals surface area contributed by atoms with E-state index in [-0.39, 0.29) is 11.2 Å². The number of allylic oxidation sites excluding steroid dienone is 5. The van der Waals surface area contributed by atoms with Crippen LogP contribution in [0.15, 0.2) is 72.1 Å². The molecular formula is C24H24N2O. The molecule has 136 valence electrons. The average molecular weight is 356 g/mol. The van der Waals surface area contributed by atoms with Gasteiger partial charge in [-0.3, -0.25) is 9.78 Å². The highest BCUT2D eigenvalue weighted by Gasteiger charge is 2.39. The summed E-state index contributed by atoms with van der Waals surface area (Å²) in [5.74, 6) is -0.0136. The molecule has 2 heterocycles. The lowest BCUT2D eigenvalue weighted by atomic mass is 9.83. The molecule has 0 fully saturated rings. The number of benzene rings is 1. The van der Waals surface area contributed by atoms with Crippen LogP contribution < -0.4 is 4.90 Å². The van der Waals surface area contributed by atoms with Crippen LogP contribution in [0, 0.1) is 0 Å². The Morgan fingerprint density at radius 3 is 2.70 bits per heavy atom. The first-order chi connectivity index (χ1) is 13.0. The Morgan fingerprint density at radius 2 is 1.89 bits per heavy atom. The van der Waals surface area contributed by atoms with Crippen molar-refractivity contribution in [3.05, 3.63) is 88.9 Å². The minimum Gasteiger partial charge on any atom is -0.344 e. The van der Waals surface area contributed by atoms with E-state index in [0.29, 0.717) is 11.3 Å². The average Bonchev–Trinajstić information content (AvgIpc) is 2.89. The highest BCUT2D eigenvalue weighted by Crippen LogP contribution is 2.47. The van der Waals surface area contributed by atoms with Crippen LogP contribution in [0.5, 0.6) is 0 Å². The zero-order chi connectivity index (χ0) is 19.0. The molecule has 0 saturated carbocycles. The molecule has 0 atom stereocenters. The van der Waals surface area contributed by atoms with Crippen LogP contribution in [0.2, 0.25) is 0 Å². The molecule has 0 radical (unpaired) electrons. The maximum atomic E-state index is 12.8. The number of para-hydroxylation sites is 1. The number of nitrogens with zero attached hydrogens (tertiary/aromatic N) is 2. The Labute approximate surface area is 160 Å². The van der Waals surface area contributed by atoms with Crippen molar-refractivity contribution >= 4 is 17.5 Å². The van der Waals surface area contributed by atoms with Gasteiger partial charge in [-0.05, 0) is 36.3 Å². The molecule has 1 aromatic heterocycles. The van der Waals surface area contributed by atoms with E-state index in [0.717, 1.165) is 18.5 Å². The van der Waals surface area contributed by atoms with Gasteiger partial charge in [0, 0.05) is 40.7 Å². The van der Waals surface area contributed by atoms with Crippen molar-refractivity contribution in [1.29, 1.82) is 0 Å². The predicted octanol–water partition coefficient (Wildman–Crippen LogP) is 5.31. The summed E-state index contributed by atoms with van der Waals surface area (Å²) in [6, 6.07) is 12.4. The van der Waals surface area contributed by atoms with E-state index in [1.54, 1.807) is 6.20 Å². The molecule has 2 aliphatic rings. The van der Waals surface area contributed by atoms with Gasteiger partial charge >= 0.3 is 0 Å². The van der Waals surface area contributed by atoms with Crippen LogP contribution in [0.1, 0.15) is 48.8 Å². The largest absolute Gasteiger partial charge is 0.344 e. The molecule has 1 aromatic carbocycles. The van der Waals surface area contributed by atoms with E-state index < -0.39 is 0 Å². The van der Waals surface area contributed by atoms with E-state index in [9.17, 15) is 4.79 Å². The minimum absolute atomic E-state index is 0.0136. The van der Waals surface area contributed by atoms with Crippen LogP contribution in [-0.2, 0) is 5.41 Å². The lowest BCUT2D eigenvalue weighted by Crippen LogP contribution is -2.26. The summed E-state index contributed by atoms with van der Waals surface area (Å²) in [7, 11) is 0.